The van der Waals surface area contributed by atoms with Gasteiger partial charge in [-0.25, -0.2) is 9.78 Å². The zero-order valence-corrected chi connectivity index (χ0v) is 17.7. The van der Waals surface area contributed by atoms with Gasteiger partial charge < -0.3 is 9.84 Å². The maximum atomic E-state index is 13.2. The molecule has 0 aliphatic carbocycles. The van der Waals surface area contributed by atoms with E-state index in [0.29, 0.717) is 22.3 Å². The van der Waals surface area contributed by atoms with Crippen LogP contribution in [0.5, 0.6) is 5.75 Å². The van der Waals surface area contributed by atoms with E-state index in [2.05, 4.69) is 10.1 Å². The molecule has 0 fully saturated rings. The standard InChI is InChI=1S/C24H18ClN3O4/c1-15(24(30)31)32-21-12-11-16(13-19(21)25)14-26-28-22(17-7-3-2-4-8-17)27-20-10-6-5-9-18(20)23(28)29/h2-15H,1H3,(H,30,31)/t15-/m1/s1. The highest BCUT2D eigenvalue weighted by atomic mass is 35.5. The van der Waals surface area contributed by atoms with E-state index in [9.17, 15) is 9.59 Å². The molecule has 0 spiro atoms. The number of aliphatic carboxylic acids is 1. The van der Waals surface area contributed by atoms with E-state index in [1.165, 1.54) is 17.8 Å². The lowest BCUT2D eigenvalue weighted by Crippen LogP contribution is -2.23. The topological polar surface area (TPSA) is 93.8 Å². The van der Waals surface area contributed by atoms with E-state index >= 15 is 0 Å². The van der Waals surface area contributed by atoms with Crippen LogP contribution in [0.1, 0.15) is 12.5 Å². The van der Waals surface area contributed by atoms with Crippen molar-refractivity contribution in [2.75, 3.05) is 0 Å². The van der Waals surface area contributed by atoms with E-state index in [1.54, 1.807) is 36.4 Å². The fraction of sp³-hybridized carbons (Fsp3) is 0.0833. The molecular weight excluding hydrogens is 430 g/mol. The molecule has 1 heterocycles. The first kappa shape index (κ1) is 21.3. The van der Waals surface area contributed by atoms with Gasteiger partial charge in [-0.1, -0.05) is 54.1 Å². The lowest BCUT2D eigenvalue weighted by molar-refractivity contribution is -0.144. The fourth-order valence-corrected chi connectivity index (χ4v) is 3.30. The number of benzene rings is 3. The number of nitrogens with zero attached hydrogens (tertiary/aromatic N) is 3. The van der Waals surface area contributed by atoms with Gasteiger partial charge in [0.25, 0.3) is 5.56 Å². The van der Waals surface area contributed by atoms with Crippen molar-refractivity contribution in [3.63, 3.8) is 0 Å². The molecular formula is C24H18ClN3O4. The average Bonchev–Trinajstić information content (AvgIpc) is 2.80. The van der Waals surface area contributed by atoms with Crippen LogP contribution in [0.3, 0.4) is 0 Å². The Labute approximate surface area is 188 Å². The summed E-state index contributed by atoms with van der Waals surface area (Å²) in [5.41, 5.74) is 1.63. The highest BCUT2D eigenvalue weighted by Crippen LogP contribution is 2.26. The molecule has 7 nitrogen and oxygen atoms in total. The second-order valence-corrected chi connectivity index (χ2v) is 7.38. The summed E-state index contributed by atoms with van der Waals surface area (Å²) in [6, 6.07) is 21.2. The predicted molar refractivity (Wildman–Crippen MR) is 124 cm³/mol. The van der Waals surface area contributed by atoms with Crippen LogP contribution in [0.2, 0.25) is 5.02 Å². The van der Waals surface area contributed by atoms with Crippen LogP contribution in [0.4, 0.5) is 0 Å². The number of aromatic nitrogens is 2. The largest absolute Gasteiger partial charge is 0.479 e. The molecule has 0 saturated heterocycles. The minimum absolute atomic E-state index is 0.231. The van der Waals surface area contributed by atoms with E-state index < -0.39 is 12.1 Å². The van der Waals surface area contributed by atoms with Crippen molar-refractivity contribution >= 4 is 34.7 Å². The van der Waals surface area contributed by atoms with Gasteiger partial charge in [0.05, 0.1) is 22.1 Å². The Bertz CT molecular complexity index is 1380. The normalized spacial score (nSPS) is 12.2. The van der Waals surface area contributed by atoms with Crippen molar-refractivity contribution in [2.24, 2.45) is 5.10 Å². The van der Waals surface area contributed by atoms with Gasteiger partial charge in [0.1, 0.15) is 5.75 Å². The summed E-state index contributed by atoms with van der Waals surface area (Å²) in [7, 11) is 0. The Morgan fingerprint density at radius 3 is 2.56 bits per heavy atom. The van der Waals surface area contributed by atoms with Gasteiger partial charge in [0.2, 0.25) is 0 Å². The van der Waals surface area contributed by atoms with Gasteiger partial charge in [-0.05, 0) is 42.8 Å². The third-order valence-electron chi connectivity index (χ3n) is 4.72. The molecule has 0 aliphatic heterocycles. The first-order chi connectivity index (χ1) is 15.4. The number of halogens is 1. The van der Waals surface area contributed by atoms with Crippen molar-refractivity contribution < 1.29 is 14.6 Å². The first-order valence-electron chi connectivity index (χ1n) is 9.74. The summed E-state index contributed by atoms with van der Waals surface area (Å²) in [5.74, 6) is -0.441. The number of fused-ring (bicyclic) bond motifs is 1. The average molecular weight is 448 g/mol. The predicted octanol–water partition coefficient (Wildman–Crippen LogP) is 4.45. The molecule has 32 heavy (non-hydrogen) atoms. The molecule has 1 atom stereocenters. The molecule has 0 aliphatic rings. The van der Waals surface area contributed by atoms with Gasteiger partial charge in [-0.2, -0.15) is 9.78 Å². The van der Waals surface area contributed by atoms with Crippen LogP contribution in [0, 0.1) is 0 Å². The maximum absolute atomic E-state index is 13.2. The van der Waals surface area contributed by atoms with Gasteiger partial charge in [-0.15, -0.1) is 0 Å². The van der Waals surface area contributed by atoms with Crippen LogP contribution in [0.25, 0.3) is 22.3 Å². The zero-order valence-electron chi connectivity index (χ0n) is 17.0. The lowest BCUT2D eigenvalue weighted by Gasteiger charge is -2.12. The number of ether oxygens (including phenoxy) is 1. The molecule has 160 valence electrons. The molecule has 0 bridgehead atoms. The summed E-state index contributed by atoms with van der Waals surface area (Å²) in [6.45, 7) is 1.41. The minimum atomic E-state index is -1.09. The first-order valence-corrected chi connectivity index (χ1v) is 10.1. The van der Waals surface area contributed by atoms with Crippen LogP contribution in [-0.2, 0) is 4.79 Å². The van der Waals surface area contributed by atoms with Crippen molar-refractivity contribution in [3.05, 3.63) is 93.7 Å². The second-order valence-electron chi connectivity index (χ2n) is 6.97. The summed E-state index contributed by atoms with van der Waals surface area (Å²) < 4.78 is 6.58. The molecule has 0 amide bonds. The Morgan fingerprint density at radius 2 is 1.84 bits per heavy atom. The van der Waals surface area contributed by atoms with Crippen molar-refractivity contribution in [2.45, 2.75) is 13.0 Å². The van der Waals surface area contributed by atoms with Crippen LogP contribution in [-0.4, -0.2) is 33.1 Å². The lowest BCUT2D eigenvalue weighted by atomic mass is 10.2. The Morgan fingerprint density at radius 1 is 1.12 bits per heavy atom. The monoisotopic (exact) mass is 447 g/mol. The van der Waals surface area contributed by atoms with E-state index in [-0.39, 0.29) is 16.3 Å². The van der Waals surface area contributed by atoms with Crippen LogP contribution < -0.4 is 10.3 Å². The maximum Gasteiger partial charge on any atom is 0.344 e. The molecule has 8 heteroatoms. The highest BCUT2D eigenvalue weighted by molar-refractivity contribution is 6.32. The Kier molecular flexibility index (Phi) is 6.00. The van der Waals surface area contributed by atoms with Gasteiger partial charge in [0.15, 0.2) is 11.9 Å². The smallest absolute Gasteiger partial charge is 0.344 e. The van der Waals surface area contributed by atoms with Gasteiger partial charge >= 0.3 is 5.97 Å². The molecule has 4 rings (SSSR count). The Hall–Kier alpha value is -3.97. The molecule has 4 aromatic rings. The number of carbonyl (C=O) groups is 1. The minimum Gasteiger partial charge on any atom is -0.479 e. The van der Waals surface area contributed by atoms with Gasteiger partial charge in [-0.3, -0.25) is 4.79 Å². The summed E-state index contributed by atoms with van der Waals surface area (Å²) in [4.78, 5) is 28.8. The molecule has 0 unspecified atom stereocenters. The number of rotatable bonds is 6. The molecule has 1 aromatic heterocycles. The van der Waals surface area contributed by atoms with Crippen molar-refractivity contribution in [3.8, 4) is 17.1 Å². The Balaban J connectivity index is 1.75. The van der Waals surface area contributed by atoms with E-state index in [4.69, 9.17) is 21.4 Å². The fourth-order valence-electron chi connectivity index (χ4n) is 3.06. The van der Waals surface area contributed by atoms with Gasteiger partial charge in [0, 0.05) is 5.56 Å². The zero-order chi connectivity index (χ0) is 22.7. The summed E-state index contributed by atoms with van der Waals surface area (Å²) in [5, 5.41) is 14.1. The summed E-state index contributed by atoms with van der Waals surface area (Å²) in [6.07, 6.45) is 0.448. The van der Waals surface area contributed by atoms with Crippen molar-refractivity contribution in [1.29, 1.82) is 0 Å². The number of carboxylic acids is 1. The number of carboxylic acid groups (broad SMARTS) is 1. The molecule has 0 radical (unpaired) electrons. The molecule has 3 aromatic carbocycles. The third-order valence-corrected chi connectivity index (χ3v) is 5.01. The number of hydrogen-bond donors (Lipinski definition) is 1. The highest BCUT2D eigenvalue weighted by Gasteiger charge is 2.15. The van der Waals surface area contributed by atoms with E-state index in [0.717, 1.165) is 5.56 Å². The quantitative estimate of drug-likeness (QED) is 0.441. The van der Waals surface area contributed by atoms with Crippen LogP contribution >= 0.6 is 11.6 Å². The molecule has 0 saturated carbocycles. The van der Waals surface area contributed by atoms with Crippen LogP contribution in [0.15, 0.2) is 82.7 Å². The number of hydrogen-bond acceptors (Lipinski definition) is 5. The second kappa shape index (κ2) is 9.03. The third kappa shape index (κ3) is 4.38. The number of para-hydroxylation sites is 1. The summed E-state index contributed by atoms with van der Waals surface area (Å²) >= 11 is 6.24. The van der Waals surface area contributed by atoms with Crippen molar-refractivity contribution in [1.82, 2.24) is 9.66 Å². The molecule has 1 N–H and O–H groups in total. The SMILES string of the molecule is C[C@@H](Oc1ccc(C=Nn2c(-c3ccccc3)nc3ccccc3c2=O)cc1Cl)C(=O)O. The van der Waals surface area contributed by atoms with E-state index in [1.807, 2.05) is 36.4 Å².